The normalized spacial score (nSPS) is 10.3. The van der Waals surface area contributed by atoms with Crippen molar-refractivity contribution in [3.8, 4) is 0 Å². The first-order valence-electron chi connectivity index (χ1n) is 10.2. The summed E-state index contributed by atoms with van der Waals surface area (Å²) in [4.78, 5) is 80.9. The number of rotatable bonds is 12. The number of anilines is 1. The molecule has 0 atom stereocenters. The molecule has 2 aromatic carbocycles. The van der Waals surface area contributed by atoms with Crippen LogP contribution in [-0.2, 0) is 0 Å². The minimum Gasteiger partial charge on any atom is -0.394 e. The average molecular weight is 617 g/mol. The van der Waals surface area contributed by atoms with Crippen LogP contribution in [0, 0.1) is 80.9 Å². The molecular weight excluding hydrogens is 606 g/mol. The van der Waals surface area contributed by atoms with Crippen molar-refractivity contribution in [1.82, 2.24) is 0 Å². The zero-order valence-electron chi connectivity index (χ0n) is 20.3. The van der Waals surface area contributed by atoms with Gasteiger partial charge in [-0.2, -0.15) is 0 Å². The maximum Gasteiger partial charge on any atom is 0.319 e. The molecule has 0 aliphatic heterocycles. The van der Waals surface area contributed by atoms with Crippen molar-refractivity contribution in [2.24, 2.45) is 0 Å². The minimum absolute atomic E-state index is 0.106. The van der Waals surface area contributed by atoms with Gasteiger partial charge in [-0.3, -0.25) is 60.7 Å². The topological polar surface area (TPSA) is 389 Å². The Morgan fingerprint density at radius 2 is 1.00 bits per heavy atom. The second-order valence-corrected chi connectivity index (χ2v) is 7.12. The Hall–Kier alpha value is -7.06. The fourth-order valence-electron chi connectivity index (χ4n) is 3.26. The van der Waals surface area contributed by atoms with E-state index in [1.165, 1.54) is 0 Å². The molecule has 27 heteroatoms. The number of hydrazine groups is 1. The Labute approximate surface area is 231 Å². The standard InChI is InChI=1S/C16H10N8O15.HNO3/c25-4-3-17(24(38)39)16-14(22(34)35)7-13(21(32)33)10(15(16)23(36)37)2-1-9-11(19(28)29)5-8(18(26)27)6-12(9)20(30)31;2-1(3)4/h1-2,5-7,25H,3-4H2;(H,2,3,4). The number of aliphatic hydroxyl groups is 1. The van der Waals surface area contributed by atoms with Crippen LogP contribution in [-0.4, -0.2) is 63.1 Å². The van der Waals surface area contributed by atoms with Gasteiger partial charge in [0.05, 0.1) is 54.3 Å². The Kier molecular flexibility index (Phi) is 10.9. The number of nitro groups is 7. The lowest BCUT2D eigenvalue weighted by atomic mass is 10.0. The van der Waals surface area contributed by atoms with E-state index in [-0.39, 0.29) is 11.1 Å². The van der Waals surface area contributed by atoms with Crippen LogP contribution in [0.3, 0.4) is 0 Å². The Morgan fingerprint density at radius 3 is 1.33 bits per heavy atom. The molecule has 0 radical (unpaired) electrons. The molecule has 27 nitrogen and oxygen atoms in total. The molecule has 0 aliphatic rings. The molecule has 2 aromatic rings. The summed E-state index contributed by atoms with van der Waals surface area (Å²) in [6.45, 7) is -2.15. The van der Waals surface area contributed by atoms with Crippen LogP contribution in [0.15, 0.2) is 18.2 Å². The molecule has 0 unspecified atom stereocenters. The van der Waals surface area contributed by atoms with Gasteiger partial charge in [0, 0.05) is 0 Å². The third kappa shape index (κ3) is 7.98. The first-order chi connectivity index (χ1) is 19.9. The van der Waals surface area contributed by atoms with Crippen LogP contribution in [0.5, 0.6) is 0 Å². The van der Waals surface area contributed by atoms with Crippen LogP contribution >= 0.6 is 0 Å². The zero-order valence-corrected chi connectivity index (χ0v) is 20.3. The van der Waals surface area contributed by atoms with E-state index in [0.29, 0.717) is 24.3 Å². The first kappa shape index (κ1) is 34.0. The maximum absolute atomic E-state index is 11.9. The van der Waals surface area contributed by atoms with E-state index in [4.69, 9.17) is 20.4 Å². The van der Waals surface area contributed by atoms with Crippen LogP contribution < -0.4 is 5.01 Å². The van der Waals surface area contributed by atoms with Crippen molar-refractivity contribution in [2.45, 2.75) is 0 Å². The van der Waals surface area contributed by atoms with Gasteiger partial charge in [0.2, 0.25) is 0 Å². The van der Waals surface area contributed by atoms with Crippen molar-refractivity contribution in [1.29, 1.82) is 0 Å². The van der Waals surface area contributed by atoms with Crippen LogP contribution in [0.1, 0.15) is 11.1 Å². The second kappa shape index (κ2) is 13.8. The van der Waals surface area contributed by atoms with Crippen molar-refractivity contribution in [3.05, 3.63) is 110 Å². The van der Waals surface area contributed by atoms with E-state index >= 15 is 0 Å². The largest absolute Gasteiger partial charge is 0.394 e. The molecule has 228 valence electrons. The van der Waals surface area contributed by atoms with Gasteiger partial charge < -0.3 is 10.3 Å². The number of hydrogen-bond acceptors (Lipinski definition) is 17. The molecule has 0 aliphatic carbocycles. The van der Waals surface area contributed by atoms with Crippen molar-refractivity contribution in [3.63, 3.8) is 0 Å². The lowest BCUT2D eigenvalue weighted by Gasteiger charge is -2.14. The first-order valence-corrected chi connectivity index (χ1v) is 10.2. The fraction of sp³-hybridized carbons (Fsp3) is 0.125. The number of nitrogens with zero attached hydrogens (tertiary/aromatic N) is 9. The zero-order chi connectivity index (χ0) is 33.3. The highest BCUT2D eigenvalue weighted by atomic mass is 16.9. The van der Waals surface area contributed by atoms with Crippen LogP contribution in [0.25, 0.3) is 12.2 Å². The van der Waals surface area contributed by atoms with Crippen molar-refractivity contribution >= 4 is 52.0 Å². The molecule has 0 saturated carbocycles. The van der Waals surface area contributed by atoms with Crippen LogP contribution in [0.4, 0.5) is 39.8 Å². The highest BCUT2D eigenvalue weighted by molar-refractivity contribution is 5.91. The monoisotopic (exact) mass is 617 g/mol. The number of aliphatic hydroxyl groups excluding tert-OH is 1. The number of benzene rings is 2. The molecule has 2 N–H and O–H groups in total. The van der Waals surface area contributed by atoms with E-state index in [1.807, 2.05) is 0 Å². The van der Waals surface area contributed by atoms with Gasteiger partial charge >= 0.3 is 11.4 Å². The predicted molar refractivity (Wildman–Crippen MR) is 132 cm³/mol. The molecule has 2 rings (SSSR count). The predicted octanol–water partition coefficient (Wildman–Crippen LogP) is 1.95. The van der Waals surface area contributed by atoms with Gasteiger partial charge in [0.25, 0.3) is 33.5 Å². The highest BCUT2D eigenvalue weighted by Gasteiger charge is 2.42. The maximum atomic E-state index is 11.9. The van der Waals surface area contributed by atoms with Gasteiger partial charge in [-0.25, -0.2) is 10.1 Å². The summed E-state index contributed by atoms with van der Waals surface area (Å²) < 4.78 is 0. The molecule has 0 heterocycles. The molecule has 0 bridgehead atoms. The lowest BCUT2D eigenvalue weighted by molar-refractivity contribution is -0.742. The summed E-state index contributed by atoms with van der Waals surface area (Å²) >= 11 is 0. The molecule has 0 amide bonds. The quantitative estimate of drug-likeness (QED) is 0.195. The van der Waals surface area contributed by atoms with Crippen molar-refractivity contribution < 1.29 is 50.0 Å². The summed E-state index contributed by atoms with van der Waals surface area (Å²) in [5, 5.41) is 102. The van der Waals surface area contributed by atoms with E-state index < -0.39 is 104 Å². The van der Waals surface area contributed by atoms with Gasteiger partial charge in [0.1, 0.15) is 17.7 Å². The van der Waals surface area contributed by atoms with Crippen LogP contribution in [0.2, 0.25) is 0 Å². The SMILES string of the molecule is O=[N+]([O-])O.O=[N+]([O-])c1cc([N+](=O)[O-])c(C=Cc2c([N+](=O)[O-])cc([N+](=O)[O-])c(N(CCO)[N+](=O)[O-])c2[N+](=O)[O-])c([N+](=O)[O-])c1. The van der Waals surface area contributed by atoms with E-state index in [0.717, 1.165) is 0 Å². The van der Waals surface area contributed by atoms with Gasteiger partial charge in [-0.05, 0) is 12.2 Å². The molecular formula is C16H11N9O18. The smallest absolute Gasteiger partial charge is 0.319 e. The fourth-order valence-corrected chi connectivity index (χ4v) is 3.26. The van der Waals surface area contributed by atoms with Gasteiger partial charge in [0.15, 0.2) is 5.03 Å². The molecule has 0 saturated heterocycles. The molecule has 43 heavy (non-hydrogen) atoms. The third-order valence-corrected chi connectivity index (χ3v) is 4.76. The second-order valence-electron chi connectivity index (χ2n) is 7.12. The Bertz CT molecular complexity index is 1550. The summed E-state index contributed by atoms with van der Waals surface area (Å²) in [5.41, 5.74) is -11.9. The molecule has 0 spiro atoms. The Balaban J connectivity index is 0.00000217. The number of hydrogen-bond donors (Lipinski definition) is 2. The Morgan fingerprint density at radius 1 is 0.605 bits per heavy atom. The summed E-state index contributed by atoms with van der Waals surface area (Å²) in [7, 11) is 0. The minimum atomic E-state index is -1.63. The summed E-state index contributed by atoms with van der Waals surface area (Å²) in [6, 6.07) is 0.702. The van der Waals surface area contributed by atoms with Crippen molar-refractivity contribution in [2.75, 3.05) is 18.2 Å². The number of nitro benzene ring substituents is 6. The molecule has 0 aromatic heterocycles. The van der Waals surface area contributed by atoms with E-state index in [2.05, 4.69) is 0 Å². The van der Waals surface area contributed by atoms with Gasteiger partial charge in [-0.15, -0.1) is 10.1 Å². The average Bonchev–Trinajstić information content (AvgIpc) is 2.88. The lowest BCUT2D eigenvalue weighted by Crippen LogP contribution is -2.34. The number of non-ortho nitro benzene ring substituents is 1. The van der Waals surface area contributed by atoms with E-state index in [1.54, 1.807) is 0 Å². The third-order valence-electron chi connectivity index (χ3n) is 4.76. The summed E-state index contributed by atoms with van der Waals surface area (Å²) in [6.07, 6.45) is 0.690. The summed E-state index contributed by atoms with van der Waals surface area (Å²) in [5.74, 6) is 0. The highest BCUT2D eigenvalue weighted by Crippen LogP contribution is 2.46. The van der Waals surface area contributed by atoms with Gasteiger partial charge in [-0.1, -0.05) is 5.01 Å². The molecule has 0 fully saturated rings. The van der Waals surface area contributed by atoms with E-state index in [9.17, 15) is 70.8 Å².